The van der Waals surface area contributed by atoms with Gasteiger partial charge in [0.1, 0.15) is 6.61 Å². The number of nitrogens with zero attached hydrogens (tertiary/aromatic N) is 1. The Bertz CT molecular complexity index is 880. The van der Waals surface area contributed by atoms with E-state index in [2.05, 4.69) is 15.9 Å². The molecule has 26 heavy (non-hydrogen) atoms. The molecule has 0 spiro atoms. The van der Waals surface area contributed by atoms with Crippen LogP contribution in [0.3, 0.4) is 0 Å². The van der Waals surface area contributed by atoms with E-state index in [1.807, 2.05) is 78.9 Å². The molecular weight excluding hydrogens is 390 g/mol. The van der Waals surface area contributed by atoms with E-state index in [9.17, 15) is 4.79 Å². The van der Waals surface area contributed by atoms with Gasteiger partial charge in [0.2, 0.25) is 0 Å². The van der Waals surface area contributed by atoms with Gasteiger partial charge in [-0.3, -0.25) is 4.79 Å². The summed E-state index contributed by atoms with van der Waals surface area (Å²) in [5.74, 6) is -0.0829. The first-order valence-electron chi connectivity index (χ1n) is 8.39. The van der Waals surface area contributed by atoms with Gasteiger partial charge in [0.05, 0.1) is 12.3 Å². The Labute approximate surface area is 162 Å². The Morgan fingerprint density at radius 3 is 2.23 bits per heavy atom. The van der Waals surface area contributed by atoms with E-state index in [0.717, 1.165) is 26.9 Å². The lowest BCUT2D eigenvalue weighted by Gasteiger charge is -2.21. The molecule has 0 radical (unpaired) electrons. The number of hydrogen-bond donors (Lipinski definition) is 0. The van der Waals surface area contributed by atoms with E-state index in [1.54, 1.807) is 11.9 Å². The fourth-order valence-corrected chi connectivity index (χ4v) is 3.23. The van der Waals surface area contributed by atoms with Crippen LogP contribution in [-0.4, -0.2) is 19.6 Å². The average Bonchev–Trinajstić information content (AvgIpc) is 2.68. The number of rotatable bonds is 6. The summed E-state index contributed by atoms with van der Waals surface area (Å²) < 4.78 is 6.59. The lowest BCUT2D eigenvalue weighted by molar-refractivity contribution is -0.123. The number of para-hydroxylation sites is 1. The number of likely N-dealkylation sites (N-methyl/N-ethyl adjacent to an activating group) is 1. The molecule has 0 bridgehead atoms. The molecule has 0 unspecified atom stereocenters. The predicted octanol–water partition coefficient (Wildman–Crippen LogP) is 5.30. The Hall–Kier alpha value is -2.43. The van der Waals surface area contributed by atoms with Crippen molar-refractivity contribution in [3.05, 3.63) is 88.9 Å². The molecule has 0 saturated heterocycles. The number of anilines is 1. The molecule has 0 aromatic heterocycles. The van der Waals surface area contributed by atoms with Crippen molar-refractivity contribution >= 4 is 27.5 Å². The van der Waals surface area contributed by atoms with Gasteiger partial charge in [-0.25, -0.2) is 0 Å². The van der Waals surface area contributed by atoms with Crippen molar-refractivity contribution in [3.63, 3.8) is 0 Å². The van der Waals surface area contributed by atoms with Crippen molar-refractivity contribution in [3.8, 4) is 11.1 Å². The van der Waals surface area contributed by atoms with E-state index in [4.69, 9.17) is 4.74 Å². The minimum Gasteiger partial charge on any atom is -0.367 e. The highest BCUT2D eigenvalue weighted by Crippen LogP contribution is 2.34. The van der Waals surface area contributed by atoms with Gasteiger partial charge in [-0.2, -0.15) is 0 Å². The van der Waals surface area contributed by atoms with E-state index < -0.39 is 0 Å². The molecule has 3 aromatic rings. The van der Waals surface area contributed by atoms with Crippen molar-refractivity contribution in [1.82, 2.24) is 0 Å². The van der Waals surface area contributed by atoms with Crippen LogP contribution in [0.1, 0.15) is 5.56 Å². The van der Waals surface area contributed by atoms with Gasteiger partial charge >= 0.3 is 0 Å². The molecule has 132 valence electrons. The lowest BCUT2D eigenvalue weighted by Crippen LogP contribution is -2.30. The number of carbonyl (C=O) groups is 1. The smallest absolute Gasteiger partial charge is 0.252 e. The number of benzene rings is 3. The van der Waals surface area contributed by atoms with Gasteiger partial charge in [-0.15, -0.1) is 0 Å². The molecular formula is C22H20BrNO2. The topological polar surface area (TPSA) is 29.5 Å². The Morgan fingerprint density at radius 1 is 0.885 bits per heavy atom. The van der Waals surface area contributed by atoms with Crippen molar-refractivity contribution in [2.24, 2.45) is 0 Å². The second-order valence-electron chi connectivity index (χ2n) is 5.93. The zero-order valence-electron chi connectivity index (χ0n) is 14.6. The summed E-state index contributed by atoms with van der Waals surface area (Å²) >= 11 is 3.59. The summed E-state index contributed by atoms with van der Waals surface area (Å²) in [5.41, 5.74) is 3.95. The molecule has 3 aromatic carbocycles. The Kier molecular flexibility index (Phi) is 6.21. The van der Waals surface area contributed by atoms with Gasteiger partial charge in [0.15, 0.2) is 0 Å². The summed E-state index contributed by atoms with van der Waals surface area (Å²) in [7, 11) is 1.78. The van der Waals surface area contributed by atoms with E-state index >= 15 is 0 Å². The van der Waals surface area contributed by atoms with Gasteiger partial charge in [-0.05, 0) is 23.3 Å². The molecule has 0 atom stereocenters. The predicted molar refractivity (Wildman–Crippen MR) is 109 cm³/mol. The largest absolute Gasteiger partial charge is 0.367 e. The highest BCUT2D eigenvalue weighted by molar-refractivity contribution is 9.10. The van der Waals surface area contributed by atoms with Gasteiger partial charge in [-0.1, -0.05) is 82.7 Å². The zero-order chi connectivity index (χ0) is 18.4. The second-order valence-corrected chi connectivity index (χ2v) is 6.78. The molecule has 0 heterocycles. The monoisotopic (exact) mass is 409 g/mol. The molecule has 0 aliphatic heterocycles. The van der Waals surface area contributed by atoms with Crippen molar-refractivity contribution in [2.75, 3.05) is 18.6 Å². The summed E-state index contributed by atoms with van der Waals surface area (Å²) in [4.78, 5) is 14.2. The number of hydrogen-bond acceptors (Lipinski definition) is 2. The van der Waals surface area contributed by atoms with Crippen molar-refractivity contribution in [1.29, 1.82) is 0 Å². The number of halogens is 1. The lowest BCUT2D eigenvalue weighted by atomic mass is 10.0. The van der Waals surface area contributed by atoms with Crippen LogP contribution in [0.25, 0.3) is 11.1 Å². The highest BCUT2D eigenvalue weighted by atomic mass is 79.9. The number of ether oxygens (including phenoxy) is 1. The standard InChI is InChI=1S/C22H20BrNO2/c1-24(22(25)16-26-15-17-9-3-2-4-10-17)21-14-8-6-12-19(21)18-11-5-7-13-20(18)23/h2-14H,15-16H2,1H3. The normalized spacial score (nSPS) is 10.5. The van der Waals surface area contributed by atoms with Crippen LogP contribution in [0.15, 0.2) is 83.3 Å². The molecule has 1 amide bonds. The van der Waals surface area contributed by atoms with E-state index in [0.29, 0.717) is 6.61 Å². The third kappa shape index (κ3) is 4.40. The van der Waals surface area contributed by atoms with E-state index in [1.165, 1.54) is 0 Å². The average molecular weight is 410 g/mol. The summed E-state index contributed by atoms with van der Waals surface area (Å²) in [6.45, 7) is 0.460. The summed E-state index contributed by atoms with van der Waals surface area (Å²) in [6.07, 6.45) is 0. The van der Waals surface area contributed by atoms with E-state index in [-0.39, 0.29) is 12.5 Å². The number of carbonyl (C=O) groups excluding carboxylic acids is 1. The number of amides is 1. The first-order chi connectivity index (χ1) is 12.7. The first kappa shape index (κ1) is 18.4. The minimum absolute atomic E-state index is 0.0374. The van der Waals surface area contributed by atoms with Crippen LogP contribution in [0.4, 0.5) is 5.69 Å². The quantitative estimate of drug-likeness (QED) is 0.552. The SMILES string of the molecule is CN(C(=O)COCc1ccccc1)c1ccccc1-c1ccccc1Br. The van der Waals surface area contributed by atoms with Crippen LogP contribution in [0.5, 0.6) is 0 Å². The third-order valence-corrected chi connectivity index (χ3v) is 4.83. The summed E-state index contributed by atoms with van der Waals surface area (Å²) in [6, 6.07) is 25.7. The van der Waals surface area contributed by atoms with Gasteiger partial charge < -0.3 is 9.64 Å². The fraction of sp³-hybridized carbons (Fsp3) is 0.136. The van der Waals surface area contributed by atoms with Crippen molar-refractivity contribution < 1.29 is 9.53 Å². The van der Waals surface area contributed by atoms with Crippen LogP contribution < -0.4 is 4.90 Å². The molecule has 0 N–H and O–H groups in total. The second kappa shape index (κ2) is 8.79. The minimum atomic E-state index is -0.0829. The molecule has 3 rings (SSSR count). The molecule has 0 aliphatic rings. The first-order valence-corrected chi connectivity index (χ1v) is 9.18. The molecule has 0 fully saturated rings. The van der Waals surface area contributed by atoms with Gasteiger partial charge in [0.25, 0.3) is 5.91 Å². The Balaban J connectivity index is 1.72. The van der Waals surface area contributed by atoms with Crippen molar-refractivity contribution in [2.45, 2.75) is 6.61 Å². The maximum Gasteiger partial charge on any atom is 0.252 e. The maximum absolute atomic E-state index is 12.6. The van der Waals surface area contributed by atoms with Crippen LogP contribution in [0.2, 0.25) is 0 Å². The summed E-state index contributed by atoms with van der Waals surface area (Å²) in [5, 5.41) is 0. The molecule has 4 heteroatoms. The fourth-order valence-electron chi connectivity index (χ4n) is 2.74. The molecule has 0 saturated carbocycles. The van der Waals surface area contributed by atoms with Crippen LogP contribution >= 0.6 is 15.9 Å². The van der Waals surface area contributed by atoms with Crippen LogP contribution in [-0.2, 0) is 16.1 Å². The van der Waals surface area contributed by atoms with Gasteiger partial charge in [0, 0.05) is 17.1 Å². The molecule has 0 aliphatic carbocycles. The maximum atomic E-state index is 12.6. The zero-order valence-corrected chi connectivity index (χ0v) is 16.1. The highest BCUT2D eigenvalue weighted by Gasteiger charge is 2.16. The molecule has 3 nitrogen and oxygen atoms in total. The Morgan fingerprint density at radius 2 is 1.50 bits per heavy atom. The third-order valence-electron chi connectivity index (χ3n) is 4.14. The van der Waals surface area contributed by atoms with Crippen LogP contribution in [0, 0.1) is 0 Å².